The number of rotatable bonds is 16. The monoisotopic (exact) mass is 615 g/mol. The molecule has 2 aliphatic rings. The van der Waals surface area contributed by atoms with Gasteiger partial charge in [-0.25, -0.2) is 13.8 Å². The molecule has 0 heterocycles. The molecular formula is C31H55F2N5O5. The maximum absolute atomic E-state index is 14.2. The number of hydrazine groups is 1. The normalized spacial score (nSPS) is 27.4. The maximum atomic E-state index is 14.2. The summed E-state index contributed by atoms with van der Waals surface area (Å²) in [6.07, 6.45) is -0.905. The standard InChI is InChI=1S/C31H55F2N5O5/c1-6-8-38(9-7-2)31(43)23-15-21(29(34)41)14-22(16-23)30(42)35-26(13-20-11-24(32)17-25(33)12-20)27(39)18-37(5)36-28(40)10-19(3)4/h19-27,39H,6-18H2,1-5H3,(H2,34,41)(H,35,42)(H,36,40). The van der Waals surface area contributed by atoms with Gasteiger partial charge in [-0.15, -0.1) is 0 Å². The molecule has 10 nitrogen and oxygen atoms in total. The van der Waals surface area contributed by atoms with E-state index >= 15 is 0 Å². The van der Waals surface area contributed by atoms with Gasteiger partial charge in [-0.1, -0.05) is 27.7 Å². The Kier molecular flexibility index (Phi) is 15.3. The molecule has 2 aliphatic carbocycles. The lowest BCUT2D eigenvalue weighted by Crippen LogP contribution is -2.54. The first kappa shape index (κ1) is 36.8. The molecule has 2 saturated carbocycles. The number of likely N-dealkylation sites (N-methyl/N-ethyl adjacent to an activating group) is 1. The Bertz CT molecular complexity index is 909. The smallest absolute Gasteiger partial charge is 0.234 e. The van der Waals surface area contributed by atoms with Crippen molar-refractivity contribution >= 4 is 23.6 Å². The molecule has 7 unspecified atom stereocenters. The van der Waals surface area contributed by atoms with Crippen LogP contribution in [0.25, 0.3) is 0 Å². The summed E-state index contributed by atoms with van der Waals surface area (Å²) in [5.41, 5.74) is 8.37. The number of carbonyl (C=O) groups excluding carboxylic acids is 4. The molecule has 0 aromatic heterocycles. The first-order valence-corrected chi connectivity index (χ1v) is 16.1. The molecule has 0 aromatic carbocycles. The largest absolute Gasteiger partial charge is 0.390 e. The van der Waals surface area contributed by atoms with Crippen LogP contribution in [0.4, 0.5) is 8.78 Å². The van der Waals surface area contributed by atoms with E-state index in [-0.39, 0.29) is 69.2 Å². The molecule has 0 aromatic rings. The predicted octanol–water partition coefficient (Wildman–Crippen LogP) is 2.87. The molecule has 0 bridgehead atoms. The van der Waals surface area contributed by atoms with Crippen LogP contribution in [0.2, 0.25) is 0 Å². The summed E-state index contributed by atoms with van der Waals surface area (Å²) in [7, 11) is 1.60. The highest BCUT2D eigenvalue weighted by Gasteiger charge is 2.41. The molecule has 2 rings (SSSR count). The molecule has 7 atom stereocenters. The van der Waals surface area contributed by atoms with Crippen molar-refractivity contribution in [3.8, 4) is 0 Å². The van der Waals surface area contributed by atoms with Gasteiger partial charge < -0.3 is 21.1 Å². The Morgan fingerprint density at radius 2 is 1.47 bits per heavy atom. The minimum atomic E-state index is -1.30. The van der Waals surface area contributed by atoms with Crippen LogP contribution in [-0.2, 0) is 19.2 Å². The Morgan fingerprint density at radius 3 is 2.00 bits per heavy atom. The van der Waals surface area contributed by atoms with Crippen LogP contribution in [-0.4, -0.2) is 89.8 Å². The number of hydrogen-bond acceptors (Lipinski definition) is 6. The molecular weight excluding hydrogens is 560 g/mol. The number of primary amides is 1. The highest BCUT2D eigenvalue weighted by atomic mass is 19.1. The van der Waals surface area contributed by atoms with Gasteiger partial charge in [-0.2, -0.15) is 0 Å². The van der Waals surface area contributed by atoms with Crippen LogP contribution in [0.15, 0.2) is 0 Å². The molecule has 12 heteroatoms. The van der Waals surface area contributed by atoms with Gasteiger partial charge in [0.15, 0.2) is 0 Å². The van der Waals surface area contributed by atoms with Gasteiger partial charge in [-0.05, 0) is 63.2 Å². The molecule has 5 N–H and O–H groups in total. The fourth-order valence-electron chi connectivity index (χ4n) is 6.63. The molecule has 0 saturated heterocycles. The van der Waals surface area contributed by atoms with Crippen molar-refractivity contribution < 1.29 is 33.1 Å². The average molecular weight is 616 g/mol. The highest BCUT2D eigenvalue weighted by Crippen LogP contribution is 2.36. The first-order valence-electron chi connectivity index (χ1n) is 16.1. The summed E-state index contributed by atoms with van der Waals surface area (Å²) >= 11 is 0. The number of nitrogens with one attached hydrogen (secondary N) is 2. The van der Waals surface area contributed by atoms with Crippen LogP contribution in [0.5, 0.6) is 0 Å². The lowest BCUT2D eigenvalue weighted by molar-refractivity contribution is -0.141. The number of amides is 4. The SMILES string of the molecule is CCCN(CCC)C(=O)C1CC(C(N)=O)CC(C(=O)NC(CC2CC(F)CC(F)C2)C(O)CN(C)NC(=O)CC(C)C)C1. The molecule has 4 amide bonds. The zero-order chi connectivity index (χ0) is 32.3. The summed E-state index contributed by atoms with van der Waals surface area (Å²) < 4.78 is 28.5. The second-order valence-electron chi connectivity index (χ2n) is 13.2. The first-order chi connectivity index (χ1) is 20.2. The van der Waals surface area contributed by atoms with E-state index in [2.05, 4.69) is 10.7 Å². The molecule has 2 fully saturated rings. The fourth-order valence-corrected chi connectivity index (χ4v) is 6.63. The number of aliphatic hydroxyl groups excluding tert-OH is 1. The van der Waals surface area contributed by atoms with E-state index in [4.69, 9.17) is 5.73 Å². The summed E-state index contributed by atoms with van der Waals surface area (Å²) in [5.74, 6) is -3.43. The Labute approximate surface area is 255 Å². The van der Waals surface area contributed by atoms with Gasteiger partial charge in [0.25, 0.3) is 0 Å². The van der Waals surface area contributed by atoms with Crippen molar-refractivity contribution in [2.75, 3.05) is 26.7 Å². The summed E-state index contributed by atoms with van der Waals surface area (Å²) in [6, 6.07) is -0.862. The third kappa shape index (κ3) is 12.3. The zero-order valence-electron chi connectivity index (χ0n) is 26.7. The Hall–Kier alpha value is -2.34. The zero-order valence-corrected chi connectivity index (χ0v) is 26.7. The van der Waals surface area contributed by atoms with Crippen LogP contribution in [0, 0.1) is 29.6 Å². The van der Waals surface area contributed by atoms with Crippen LogP contribution >= 0.6 is 0 Å². The average Bonchev–Trinajstić information content (AvgIpc) is 2.90. The summed E-state index contributed by atoms with van der Waals surface area (Å²) in [6.45, 7) is 8.95. The number of aliphatic hydroxyl groups is 1. The molecule has 248 valence electrons. The van der Waals surface area contributed by atoms with E-state index in [1.165, 1.54) is 5.01 Å². The number of nitrogens with zero attached hydrogens (tertiary/aromatic N) is 2. The number of hydrogen-bond donors (Lipinski definition) is 4. The van der Waals surface area contributed by atoms with Crippen molar-refractivity contribution in [3.63, 3.8) is 0 Å². The lowest BCUT2D eigenvalue weighted by atomic mass is 9.73. The fraction of sp³-hybridized carbons (Fsp3) is 0.871. The topological polar surface area (TPSA) is 145 Å². The number of halogens is 2. The second-order valence-corrected chi connectivity index (χ2v) is 13.2. The lowest BCUT2D eigenvalue weighted by Gasteiger charge is -2.37. The number of carbonyl (C=O) groups is 4. The van der Waals surface area contributed by atoms with Crippen molar-refractivity contribution in [1.29, 1.82) is 0 Å². The molecule has 0 aliphatic heterocycles. The molecule has 0 spiro atoms. The van der Waals surface area contributed by atoms with Gasteiger partial charge in [0.05, 0.1) is 12.1 Å². The predicted molar refractivity (Wildman–Crippen MR) is 161 cm³/mol. The van der Waals surface area contributed by atoms with E-state index in [0.29, 0.717) is 19.5 Å². The van der Waals surface area contributed by atoms with Crippen LogP contribution < -0.4 is 16.5 Å². The van der Waals surface area contributed by atoms with Crippen molar-refractivity contribution in [2.45, 2.75) is 116 Å². The van der Waals surface area contributed by atoms with E-state index in [9.17, 15) is 33.1 Å². The van der Waals surface area contributed by atoms with Crippen LogP contribution in [0.3, 0.4) is 0 Å². The minimum absolute atomic E-state index is 0.0295. The molecule has 43 heavy (non-hydrogen) atoms. The Balaban J connectivity index is 2.21. The second kappa shape index (κ2) is 17.8. The van der Waals surface area contributed by atoms with E-state index in [1.54, 1.807) is 11.9 Å². The number of alkyl halides is 2. The van der Waals surface area contributed by atoms with Crippen molar-refractivity contribution in [1.82, 2.24) is 20.7 Å². The van der Waals surface area contributed by atoms with Crippen molar-refractivity contribution in [2.24, 2.45) is 35.3 Å². The molecule has 0 radical (unpaired) electrons. The van der Waals surface area contributed by atoms with Crippen molar-refractivity contribution in [3.05, 3.63) is 0 Å². The van der Waals surface area contributed by atoms with E-state index in [1.807, 2.05) is 27.7 Å². The summed E-state index contributed by atoms with van der Waals surface area (Å²) in [4.78, 5) is 53.4. The minimum Gasteiger partial charge on any atom is -0.390 e. The van der Waals surface area contributed by atoms with Crippen LogP contribution in [0.1, 0.15) is 91.9 Å². The maximum Gasteiger partial charge on any atom is 0.234 e. The van der Waals surface area contributed by atoms with Gasteiger partial charge >= 0.3 is 0 Å². The van der Waals surface area contributed by atoms with Gasteiger partial charge in [0, 0.05) is 57.3 Å². The van der Waals surface area contributed by atoms with Gasteiger partial charge in [-0.3, -0.25) is 24.6 Å². The van der Waals surface area contributed by atoms with E-state index in [0.717, 1.165) is 12.8 Å². The number of nitrogens with two attached hydrogens (primary N) is 1. The highest BCUT2D eigenvalue weighted by molar-refractivity contribution is 5.85. The van der Waals surface area contributed by atoms with Gasteiger partial charge in [0.2, 0.25) is 23.6 Å². The third-order valence-corrected chi connectivity index (χ3v) is 8.57. The van der Waals surface area contributed by atoms with Gasteiger partial charge in [0.1, 0.15) is 12.3 Å². The third-order valence-electron chi connectivity index (χ3n) is 8.57. The summed E-state index contributed by atoms with van der Waals surface area (Å²) in [5, 5.41) is 15.6. The Morgan fingerprint density at radius 1 is 0.907 bits per heavy atom. The van der Waals surface area contributed by atoms with E-state index < -0.39 is 60.0 Å². The quantitative estimate of drug-likeness (QED) is 0.197.